The van der Waals surface area contributed by atoms with Gasteiger partial charge in [-0.25, -0.2) is 8.42 Å². The van der Waals surface area contributed by atoms with E-state index in [9.17, 15) is 18.8 Å². The molecule has 1 heterocycles. The minimum Gasteiger partial charge on any atom is -0.387 e. The second-order valence-corrected chi connectivity index (χ2v) is 7.63. The fraction of sp³-hybridized carbons (Fsp3) is 0.462. The van der Waals surface area contributed by atoms with E-state index in [0.29, 0.717) is 10.6 Å². The summed E-state index contributed by atoms with van der Waals surface area (Å²) in [6, 6.07) is 6.97. The number of aliphatic hydroxyl groups excluding tert-OH is 1. The van der Waals surface area contributed by atoms with Crippen molar-refractivity contribution >= 4 is 21.4 Å². The Bertz CT molecular complexity index is 650. The fourth-order valence-corrected chi connectivity index (χ4v) is 4.68. The van der Waals surface area contributed by atoms with E-state index in [-0.39, 0.29) is 17.9 Å². The van der Waals surface area contributed by atoms with Crippen molar-refractivity contribution in [1.29, 1.82) is 5.26 Å². The molecular formula is C13H14ClNO3S. The van der Waals surface area contributed by atoms with Crippen LogP contribution in [0.3, 0.4) is 0 Å². The molecule has 0 aromatic heterocycles. The zero-order chi connectivity index (χ0) is 14.3. The van der Waals surface area contributed by atoms with Gasteiger partial charge in [0.1, 0.15) is 5.41 Å². The Balaban J connectivity index is 2.43. The molecule has 2 unspecified atom stereocenters. The normalized spacial score (nSPS) is 26.8. The van der Waals surface area contributed by atoms with Crippen LogP contribution in [0.25, 0.3) is 0 Å². The number of hydrogen-bond acceptors (Lipinski definition) is 4. The molecule has 6 heteroatoms. The van der Waals surface area contributed by atoms with E-state index in [4.69, 9.17) is 11.6 Å². The second-order valence-electron chi connectivity index (χ2n) is 5.01. The molecule has 0 aliphatic carbocycles. The third-order valence-corrected chi connectivity index (χ3v) is 5.63. The van der Waals surface area contributed by atoms with E-state index in [1.807, 2.05) is 6.07 Å². The number of aliphatic hydroxyl groups is 1. The minimum absolute atomic E-state index is 0.0513. The van der Waals surface area contributed by atoms with Crippen LogP contribution in [0, 0.1) is 23.7 Å². The monoisotopic (exact) mass is 299 g/mol. The quantitative estimate of drug-likeness (QED) is 0.906. The van der Waals surface area contributed by atoms with E-state index in [1.165, 1.54) is 0 Å². The minimum atomic E-state index is -3.25. The lowest BCUT2D eigenvalue weighted by atomic mass is 9.79. The van der Waals surface area contributed by atoms with Crippen LogP contribution >= 0.6 is 11.6 Å². The van der Waals surface area contributed by atoms with Gasteiger partial charge in [0.05, 0.1) is 23.7 Å². The van der Waals surface area contributed by atoms with Crippen LogP contribution in [0.5, 0.6) is 0 Å². The molecule has 1 aliphatic heterocycles. The number of rotatable bonds is 2. The number of benzene rings is 1. The van der Waals surface area contributed by atoms with Crippen LogP contribution in [-0.2, 0) is 9.84 Å². The second kappa shape index (κ2) is 4.78. The van der Waals surface area contributed by atoms with Gasteiger partial charge in [-0.2, -0.15) is 5.26 Å². The Labute approximate surface area is 117 Å². The summed E-state index contributed by atoms with van der Waals surface area (Å²) in [7, 11) is -3.25. The first-order chi connectivity index (χ1) is 8.80. The molecule has 0 bridgehead atoms. The van der Waals surface area contributed by atoms with Gasteiger partial charge in [-0.05, 0) is 36.6 Å². The van der Waals surface area contributed by atoms with Crippen molar-refractivity contribution in [1.82, 2.24) is 0 Å². The average molecular weight is 300 g/mol. The Kier molecular flexibility index (Phi) is 3.61. The highest BCUT2D eigenvalue weighted by Crippen LogP contribution is 2.43. The Morgan fingerprint density at radius 2 is 2.21 bits per heavy atom. The van der Waals surface area contributed by atoms with Crippen LogP contribution in [0.15, 0.2) is 18.2 Å². The van der Waals surface area contributed by atoms with Crippen molar-refractivity contribution in [3.63, 3.8) is 0 Å². The highest BCUT2D eigenvalue weighted by atomic mass is 35.5. The molecule has 1 aliphatic rings. The predicted molar refractivity (Wildman–Crippen MR) is 72.5 cm³/mol. The van der Waals surface area contributed by atoms with Gasteiger partial charge in [0.2, 0.25) is 0 Å². The molecule has 2 atom stereocenters. The first kappa shape index (κ1) is 14.3. The molecular weight excluding hydrogens is 286 g/mol. The van der Waals surface area contributed by atoms with Crippen molar-refractivity contribution < 1.29 is 13.5 Å². The molecule has 0 spiro atoms. The van der Waals surface area contributed by atoms with Crippen molar-refractivity contribution in [2.45, 2.75) is 19.4 Å². The molecule has 19 heavy (non-hydrogen) atoms. The summed E-state index contributed by atoms with van der Waals surface area (Å²) in [6.45, 7) is 1.78. The summed E-state index contributed by atoms with van der Waals surface area (Å²) in [6.07, 6.45) is -0.957. The van der Waals surface area contributed by atoms with Crippen LogP contribution < -0.4 is 0 Å². The molecule has 1 N–H and O–H groups in total. The van der Waals surface area contributed by atoms with E-state index in [1.54, 1.807) is 25.1 Å². The van der Waals surface area contributed by atoms with Gasteiger partial charge in [0.25, 0.3) is 0 Å². The number of hydrogen-bond donors (Lipinski definition) is 1. The van der Waals surface area contributed by atoms with Crippen molar-refractivity contribution in [2.75, 3.05) is 11.5 Å². The summed E-state index contributed by atoms with van der Waals surface area (Å²) in [5.41, 5.74) is 0.0548. The fourth-order valence-electron chi connectivity index (χ4n) is 2.48. The first-order valence-electron chi connectivity index (χ1n) is 5.85. The van der Waals surface area contributed by atoms with E-state index in [0.717, 1.165) is 5.56 Å². The smallest absolute Gasteiger partial charge is 0.152 e. The number of nitrogens with zero attached hydrogens (tertiary/aromatic N) is 1. The molecule has 0 saturated carbocycles. The SMILES string of the molecule is Cc1cc(Cl)ccc1C(O)C1(C#N)CCS(=O)(=O)C1. The van der Waals surface area contributed by atoms with E-state index in [2.05, 4.69) is 0 Å². The lowest BCUT2D eigenvalue weighted by molar-refractivity contribution is 0.0788. The van der Waals surface area contributed by atoms with Crippen LogP contribution in [0.1, 0.15) is 23.7 Å². The van der Waals surface area contributed by atoms with Crippen LogP contribution in [0.4, 0.5) is 0 Å². The lowest BCUT2D eigenvalue weighted by Crippen LogP contribution is -2.29. The van der Waals surface area contributed by atoms with Crippen LogP contribution in [-0.4, -0.2) is 25.0 Å². The molecule has 1 aromatic carbocycles. The summed E-state index contributed by atoms with van der Waals surface area (Å²) >= 11 is 5.85. The van der Waals surface area contributed by atoms with Gasteiger partial charge in [-0.3, -0.25) is 0 Å². The highest BCUT2D eigenvalue weighted by Gasteiger charge is 2.48. The zero-order valence-electron chi connectivity index (χ0n) is 10.4. The summed E-state index contributed by atoms with van der Waals surface area (Å²) in [4.78, 5) is 0. The van der Waals surface area contributed by atoms with Gasteiger partial charge in [0.15, 0.2) is 9.84 Å². The molecule has 2 rings (SSSR count). The maximum Gasteiger partial charge on any atom is 0.152 e. The van der Waals surface area contributed by atoms with Gasteiger partial charge < -0.3 is 5.11 Å². The number of halogens is 1. The Morgan fingerprint density at radius 3 is 2.68 bits per heavy atom. The van der Waals surface area contributed by atoms with E-state index < -0.39 is 21.4 Å². The third kappa shape index (κ3) is 2.62. The Morgan fingerprint density at radius 1 is 1.53 bits per heavy atom. The lowest BCUT2D eigenvalue weighted by Gasteiger charge is -2.27. The Hall–Kier alpha value is -1.09. The maximum atomic E-state index is 11.6. The number of nitriles is 1. The van der Waals surface area contributed by atoms with Gasteiger partial charge in [-0.15, -0.1) is 0 Å². The van der Waals surface area contributed by atoms with E-state index >= 15 is 0 Å². The third-order valence-electron chi connectivity index (χ3n) is 3.61. The largest absolute Gasteiger partial charge is 0.387 e. The molecule has 0 radical (unpaired) electrons. The first-order valence-corrected chi connectivity index (χ1v) is 8.05. The number of sulfone groups is 1. The summed E-state index contributed by atoms with van der Waals surface area (Å²) in [5.74, 6) is -0.343. The molecule has 1 aromatic rings. The number of aryl methyl sites for hydroxylation is 1. The zero-order valence-corrected chi connectivity index (χ0v) is 12.0. The molecule has 1 fully saturated rings. The van der Waals surface area contributed by atoms with Crippen molar-refractivity contribution in [2.24, 2.45) is 5.41 Å². The predicted octanol–water partition coefficient (Wildman–Crippen LogP) is 2.01. The molecule has 4 nitrogen and oxygen atoms in total. The average Bonchev–Trinajstić information content (AvgIpc) is 2.65. The van der Waals surface area contributed by atoms with Gasteiger partial charge in [0, 0.05) is 5.02 Å². The topological polar surface area (TPSA) is 78.2 Å². The van der Waals surface area contributed by atoms with Crippen molar-refractivity contribution in [3.8, 4) is 6.07 Å². The molecule has 1 saturated heterocycles. The van der Waals surface area contributed by atoms with Gasteiger partial charge in [-0.1, -0.05) is 17.7 Å². The standard InChI is InChI=1S/C13H14ClNO3S/c1-9-6-10(14)2-3-11(9)12(16)13(7-15)4-5-19(17,18)8-13/h2-3,6,12,16H,4-5,8H2,1H3. The van der Waals surface area contributed by atoms with Gasteiger partial charge >= 0.3 is 0 Å². The maximum absolute atomic E-state index is 11.6. The summed E-state index contributed by atoms with van der Waals surface area (Å²) in [5, 5.41) is 20.3. The summed E-state index contributed by atoms with van der Waals surface area (Å²) < 4.78 is 23.2. The highest BCUT2D eigenvalue weighted by molar-refractivity contribution is 7.91. The molecule has 102 valence electrons. The molecule has 0 amide bonds. The van der Waals surface area contributed by atoms with Crippen LogP contribution in [0.2, 0.25) is 5.02 Å². The van der Waals surface area contributed by atoms with Crippen molar-refractivity contribution in [3.05, 3.63) is 34.3 Å².